The molecule has 0 radical (unpaired) electrons. The topological polar surface area (TPSA) is 101 Å². The quantitative estimate of drug-likeness (QED) is 0.673. The fraction of sp³-hybridized carbons (Fsp3) is 0.286. The SMILES string of the molecule is Cc1ccnc(NC(=O)Cn2c(=O)ccc3cc(S(=O)(=O)N4CCCC4)ccc32)c1. The number of rotatable bonds is 5. The molecule has 8 nitrogen and oxygen atoms in total. The highest BCUT2D eigenvalue weighted by Gasteiger charge is 2.27. The molecule has 0 saturated carbocycles. The Bertz CT molecular complexity index is 1280. The van der Waals surface area contributed by atoms with Gasteiger partial charge in [0.2, 0.25) is 15.9 Å². The third kappa shape index (κ3) is 3.99. The van der Waals surface area contributed by atoms with Crippen LogP contribution in [0.2, 0.25) is 0 Å². The molecular formula is C21H22N4O4S. The van der Waals surface area contributed by atoms with Crippen molar-refractivity contribution in [1.82, 2.24) is 13.9 Å². The van der Waals surface area contributed by atoms with Gasteiger partial charge >= 0.3 is 0 Å². The third-order valence-corrected chi connectivity index (χ3v) is 7.04. The maximum absolute atomic E-state index is 12.8. The molecule has 0 aliphatic carbocycles. The Labute approximate surface area is 174 Å². The predicted octanol–water partition coefficient (Wildman–Crippen LogP) is 2.13. The number of aryl methyl sites for hydroxylation is 1. The summed E-state index contributed by atoms with van der Waals surface area (Å²) in [4.78, 5) is 29.2. The number of hydrogen-bond donors (Lipinski definition) is 1. The zero-order chi connectivity index (χ0) is 21.3. The minimum atomic E-state index is -3.56. The molecule has 1 aliphatic rings. The van der Waals surface area contributed by atoms with Gasteiger partial charge in [-0.1, -0.05) is 0 Å². The van der Waals surface area contributed by atoms with Crippen LogP contribution >= 0.6 is 0 Å². The molecular weight excluding hydrogens is 404 g/mol. The number of nitrogens with zero attached hydrogens (tertiary/aromatic N) is 3. The van der Waals surface area contributed by atoms with Gasteiger partial charge in [-0.2, -0.15) is 4.31 Å². The number of anilines is 1. The van der Waals surface area contributed by atoms with Gasteiger partial charge in [-0.3, -0.25) is 14.2 Å². The largest absolute Gasteiger partial charge is 0.309 e. The molecule has 0 bridgehead atoms. The first-order chi connectivity index (χ1) is 14.3. The molecule has 1 N–H and O–H groups in total. The molecule has 0 atom stereocenters. The van der Waals surface area contributed by atoms with E-state index in [0.29, 0.717) is 29.8 Å². The van der Waals surface area contributed by atoms with E-state index in [1.165, 1.54) is 21.0 Å². The van der Waals surface area contributed by atoms with Gasteiger partial charge < -0.3 is 5.32 Å². The second kappa shape index (κ2) is 8.00. The highest BCUT2D eigenvalue weighted by Crippen LogP contribution is 2.24. The summed E-state index contributed by atoms with van der Waals surface area (Å²) in [6.07, 6.45) is 3.31. The summed E-state index contributed by atoms with van der Waals surface area (Å²) in [5.41, 5.74) is 1.11. The Morgan fingerprint density at radius 1 is 1.10 bits per heavy atom. The van der Waals surface area contributed by atoms with Crippen molar-refractivity contribution in [2.24, 2.45) is 0 Å². The maximum Gasteiger partial charge on any atom is 0.251 e. The number of nitrogens with one attached hydrogen (secondary N) is 1. The van der Waals surface area contributed by atoms with Crippen LogP contribution in [0.3, 0.4) is 0 Å². The van der Waals surface area contributed by atoms with Crippen molar-refractivity contribution in [3.05, 3.63) is 64.6 Å². The summed E-state index contributed by atoms with van der Waals surface area (Å²) in [6, 6.07) is 11.1. The van der Waals surface area contributed by atoms with Crippen LogP contribution in [-0.4, -0.2) is 41.3 Å². The molecule has 2 aromatic heterocycles. The lowest BCUT2D eigenvalue weighted by Crippen LogP contribution is -2.29. The molecule has 0 spiro atoms. The van der Waals surface area contributed by atoms with Crippen molar-refractivity contribution in [3.8, 4) is 0 Å². The minimum absolute atomic E-state index is 0.190. The Hall–Kier alpha value is -3.04. The van der Waals surface area contributed by atoms with Crippen LogP contribution in [0.1, 0.15) is 18.4 Å². The van der Waals surface area contributed by atoms with Gasteiger partial charge in [-0.25, -0.2) is 13.4 Å². The van der Waals surface area contributed by atoms with E-state index >= 15 is 0 Å². The van der Waals surface area contributed by atoms with Crippen molar-refractivity contribution in [2.45, 2.75) is 31.2 Å². The second-order valence-electron chi connectivity index (χ2n) is 7.36. The highest BCUT2D eigenvalue weighted by molar-refractivity contribution is 7.89. The molecule has 3 heterocycles. The van der Waals surface area contributed by atoms with Crippen molar-refractivity contribution in [1.29, 1.82) is 0 Å². The number of benzene rings is 1. The van der Waals surface area contributed by atoms with Crippen molar-refractivity contribution >= 4 is 32.7 Å². The number of carbonyl (C=O) groups is 1. The minimum Gasteiger partial charge on any atom is -0.309 e. The molecule has 1 saturated heterocycles. The van der Waals surface area contributed by atoms with E-state index in [9.17, 15) is 18.0 Å². The van der Waals surface area contributed by atoms with E-state index in [1.807, 2.05) is 13.0 Å². The molecule has 4 rings (SSSR count). The summed E-state index contributed by atoms with van der Waals surface area (Å²) >= 11 is 0. The second-order valence-corrected chi connectivity index (χ2v) is 9.29. The normalized spacial score (nSPS) is 14.8. The molecule has 0 unspecified atom stereocenters. The van der Waals surface area contributed by atoms with Gasteiger partial charge in [0.15, 0.2) is 0 Å². The van der Waals surface area contributed by atoms with Gasteiger partial charge in [0, 0.05) is 25.4 Å². The lowest BCUT2D eigenvalue weighted by atomic mass is 10.2. The van der Waals surface area contributed by atoms with E-state index in [2.05, 4.69) is 10.3 Å². The number of sulfonamides is 1. The van der Waals surface area contributed by atoms with Crippen LogP contribution < -0.4 is 10.9 Å². The fourth-order valence-electron chi connectivity index (χ4n) is 3.61. The van der Waals surface area contributed by atoms with Crippen LogP contribution in [0.25, 0.3) is 10.9 Å². The Morgan fingerprint density at radius 3 is 2.60 bits per heavy atom. The van der Waals surface area contributed by atoms with Crippen molar-refractivity contribution < 1.29 is 13.2 Å². The fourth-order valence-corrected chi connectivity index (χ4v) is 5.17. The molecule has 1 amide bonds. The average molecular weight is 426 g/mol. The summed E-state index contributed by atoms with van der Waals surface area (Å²) < 4.78 is 28.5. The van der Waals surface area contributed by atoms with Crippen LogP contribution in [0.5, 0.6) is 0 Å². The van der Waals surface area contributed by atoms with E-state index in [0.717, 1.165) is 18.4 Å². The number of carbonyl (C=O) groups excluding carboxylic acids is 1. The first kappa shape index (κ1) is 20.2. The predicted molar refractivity (Wildman–Crippen MR) is 114 cm³/mol. The van der Waals surface area contributed by atoms with Crippen molar-refractivity contribution in [2.75, 3.05) is 18.4 Å². The van der Waals surface area contributed by atoms with Crippen molar-refractivity contribution in [3.63, 3.8) is 0 Å². The number of amides is 1. The lowest BCUT2D eigenvalue weighted by molar-refractivity contribution is -0.116. The van der Waals surface area contributed by atoms with Gasteiger partial charge in [0.25, 0.3) is 5.56 Å². The number of pyridine rings is 2. The number of fused-ring (bicyclic) bond motifs is 1. The van der Waals surface area contributed by atoms with Gasteiger partial charge in [0.1, 0.15) is 12.4 Å². The summed E-state index contributed by atoms with van der Waals surface area (Å²) in [7, 11) is -3.56. The lowest BCUT2D eigenvalue weighted by Gasteiger charge is -2.16. The van der Waals surface area contributed by atoms with E-state index in [4.69, 9.17) is 0 Å². The highest BCUT2D eigenvalue weighted by atomic mass is 32.2. The van der Waals surface area contributed by atoms with Gasteiger partial charge in [-0.15, -0.1) is 0 Å². The smallest absolute Gasteiger partial charge is 0.251 e. The Morgan fingerprint density at radius 2 is 1.87 bits per heavy atom. The van der Waals surface area contributed by atoms with Crippen LogP contribution in [0.15, 0.2) is 58.4 Å². The summed E-state index contributed by atoms with van der Waals surface area (Å²) in [5.74, 6) is 0.0174. The third-order valence-electron chi connectivity index (χ3n) is 5.15. The summed E-state index contributed by atoms with van der Waals surface area (Å²) in [6.45, 7) is 2.73. The van der Waals surface area contributed by atoms with Crippen LogP contribution in [0, 0.1) is 6.92 Å². The van der Waals surface area contributed by atoms with Gasteiger partial charge in [-0.05, 0) is 67.1 Å². The summed E-state index contributed by atoms with van der Waals surface area (Å²) in [5, 5.41) is 3.26. The van der Waals surface area contributed by atoms with E-state index in [-0.39, 0.29) is 17.0 Å². The Kier molecular flexibility index (Phi) is 5.40. The molecule has 30 heavy (non-hydrogen) atoms. The van der Waals surface area contributed by atoms with Crippen LogP contribution in [0.4, 0.5) is 5.82 Å². The molecule has 1 aromatic carbocycles. The number of aromatic nitrogens is 2. The Balaban J connectivity index is 1.64. The first-order valence-electron chi connectivity index (χ1n) is 9.71. The molecule has 1 fully saturated rings. The molecule has 3 aromatic rings. The first-order valence-corrected chi connectivity index (χ1v) is 11.1. The average Bonchev–Trinajstić information content (AvgIpc) is 3.25. The zero-order valence-corrected chi connectivity index (χ0v) is 17.4. The standard InChI is InChI=1S/C21H22N4O4S/c1-15-8-9-22-19(12-15)23-20(26)14-25-18-6-5-17(13-16(18)4-7-21(25)27)30(28,29)24-10-2-3-11-24/h4-9,12-13H,2-3,10-11,14H2,1H3,(H,22,23,26). The van der Waals surface area contributed by atoms with E-state index in [1.54, 1.807) is 30.5 Å². The number of hydrogen-bond acceptors (Lipinski definition) is 5. The zero-order valence-electron chi connectivity index (χ0n) is 16.5. The molecule has 9 heteroatoms. The van der Waals surface area contributed by atoms with E-state index < -0.39 is 15.9 Å². The van der Waals surface area contributed by atoms with Gasteiger partial charge in [0.05, 0.1) is 10.4 Å². The molecule has 1 aliphatic heterocycles. The maximum atomic E-state index is 12.8. The van der Waals surface area contributed by atoms with Crippen LogP contribution in [-0.2, 0) is 21.4 Å². The monoisotopic (exact) mass is 426 g/mol. The molecule has 156 valence electrons.